The van der Waals surface area contributed by atoms with Crippen LogP contribution >= 0.6 is 11.6 Å². The summed E-state index contributed by atoms with van der Waals surface area (Å²) in [7, 11) is 3.28. The van der Waals surface area contributed by atoms with E-state index in [2.05, 4.69) is 17.4 Å². The minimum Gasteiger partial charge on any atom is -0.493 e. The highest BCUT2D eigenvalue weighted by atomic mass is 35.5. The molecule has 0 radical (unpaired) electrons. The van der Waals surface area contributed by atoms with Gasteiger partial charge in [0.15, 0.2) is 11.5 Å². The van der Waals surface area contributed by atoms with Gasteiger partial charge in [-0.3, -0.25) is 4.79 Å². The fraction of sp³-hybridized carbons (Fsp3) is 0.632. The van der Waals surface area contributed by atoms with E-state index < -0.39 is 5.60 Å². The number of methoxy groups -OCH3 is 2. The van der Waals surface area contributed by atoms with Crippen LogP contribution in [0.25, 0.3) is 0 Å². The molecule has 1 aromatic carbocycles. The van der Waals surface area contributed by atoms with Crippen molar-refractivity contribution in [3.63, 3.8) is 0 Å². The van der Waals surface area contributed by atoms with Gasteiger partial charge in [-0.1, -0.05) is 0 Å². The summed E-state index contributed by atoms with van der Waals surface area (Å²) >= 11 is 5.73. The van der Waals surface area contributed by atoms with Gasteiger partial charge >= 0.3 is 0 Å². The van der Waals surface area contributed by atoms with E-state index in [1.807, 2.05) is 0 Å². The van der Waals surface area contributed by atoms with Crippen LogP contribution in [-0.2, 0) is 4.79 Å². The number of amides is 1. The van der Waals surface area contributed by atoms with Crippen LogP contribution in [0.2, 0.25) is 0 Å². The van der Waals surface area contributed by atoms with Crippen LogP contribution in [0.3, 0.4) is 0 Å². The van der Waals surface area contributed by atoms with E-state index in [0.717, 1.165) is 25.7 Å². The number of alkyl halides is 1. The van der Waals surface area contributed by atoms with Crippen LogP contribution in [0.1, 0.15) is 55.1 Å². The molecule has 0 saturated heterocycles. The topological polar surface area (TPSA) is 67.8 Å². The van der Waals surface area contributed by atoms with Crippen LogP contribution in [0.5, 0.6) is 11.5 Å². The summed E-state index contributed by atoms with van der Waals surface area (Å²) < 4.78 is 11.0. The van der Waals surface area contributed by atoms with Gasteiger partial charge in [0.2, 0.25) is 5.91 Å². The molecule has 2 fully saturated rings. The lowest BCUT2D eigenvalue weighted by Gasteiger charge is -2.52. The van der Waals surface area contributed by atoms with Crippen molar-refractivity contribution >= 4 is 17.5 Å². The quantitative estimate of drug-likeness (QED) is 0.805. The van der Waals surface area contributed by atoms with Crippen molar-refractivity contribution < 1.29 is 19.4 Å². The molecule has 2 unspecified atom stereocenters. The second kappa shape index (κ2) is 5.78. The molecule has 2 N–H and O–H groups in total. The number of hydrogen-bond donors (Lipinski definition) is 2. The molecule has 2 atom stereocenters. The summed E-state index contributed by atoms with van der Waals surface area (Å²) in [6, 6.07) is 4.12. The number of aliphatic hydroxyl groups is 1. The summed E-state index contributed by atoms with van der Waals surface area (Å²) in [5.41, 5.74) is 1.32. The van der Waals surface area contributed by atoms with Gasteiger partial charge in [0.1, 0.15) is 5.88 Å². The number of ether oxygens (including phenoxy) is 2. The second-order valence-electron chi connectivity index (χ2n) is 7.91. The molecule has 4 aliphatic carbocycles. The molecule has 136 valence electrons. The first kappa shape index (κ1) is 17.0. The Balaban J connectivity index is 1.81. The Morgan fingerprint density at radius 3 is 2.12 bits per heavy atom. The maximum Gasteiger partial charge on any atom is 0.235 e. The van der Waals surface area contributed by atoms with E-state index in [1.54, 1.807) is 14.2 Å². The Labute approximate surface area is 152 Å². The second-order valence-corrected chi connectivity index (χ2v) is 8.18. The molecule has 4 aliphatic rings. The molecule has 6 heteroatoms. The lowest BCUT2D eigenvalue weighted by atomic mass is 9.60. The summed E-state index contributed by atoms with van der Waals surface area (Å²) in [6.45, 7) is 0. The number of carbonyl (C=O) groups is 1. The summed E-state index contributed by atoms with van der Waals surface area (Å²) in [5.74, 6) is 1.60. The molecular formula is C19H24ClNO4. The highest BCUT2D eigenvalue weighted by Crippen LogP contribution is 2.60. The van der Waals surface area contributed by atoms with Crippen molar-refractivity contribution in [3.8, 4) is 11.5 Å². The zero-order chi connectivity index (χ0) is 17.8. The van der Waals surface area contributed by atoms with Gasteiger partial charge in [-0.2, -0.15) is 0 Å². The third-order valence-electron chi connectivity index (χ3n) is 6.19. The van der Waals surface area contributed by atoms with Crippen LogP contribution in [0, 0.1) is 0 Å². The summed E-state index contributed by atoms with van der Waals surface area (Å²) in [4.78, 5) is 12.0. The Morgan fingerprint density at radius 1 is 1.16 bits per heavy atom. The molecule has 1 amide bonds. The summed E-state index contributed by atoms with van der Waals surface area (Å²) in [5, 5.41) is 14.3. The first-order chi connectivity index (χ1) is 11.9. The van der Waals surface area contributed by atoms with Crippen molar-refractivity contribution in [1.82, 2.24) is 5.32 Å². The van der Waals surface area contributed by atoms with Crippen molar-refractivity contribution in [3.05, 3.63) is 23.3 Å². The van der Waals surface area contributed by atoms with Crippen LogP contribution in [-0.4, -0.2) is 42.3 Å². The van der Waals surface area contributed by atoms with Gasteiger partial charge in [-0.15, -0.1) is 11.6 Å². The zero-order valence-corrected chi connectivity index (χ0v) is 15.4. The normalized spacial score (nSPS) is 35.0. The Morgan fingerprint density at radius 2 is 1.68 bits per heavy atom. The third-order valence-corrected chi connectivity index (χ3v) is 6.43. The SMILES string of the molecule is COc1cc2c(cc1OC)C1CC3(O)CC2CC(NC(=O)CCl)(C1)C3. The maximum absolute atomic E-state index is 12.0. The molecule has 25 heavy (non-hydrogen) atoms. The lowest BCUT2D eigenvalue weighted by molar-refractivity contribution is -0.126. The molecule has 1 aromatic rings. The molecule has 0 spiro atoms. The molecule has 2 saturated carbocycles. The highest BCUT2D eigenvalue weighted by molar-refractivity contribution is 6.27. The fourth-order valence-corrected chi connectivity index (χ4v) is 5.69. The van der Waals surface area contributed by atoms with Crippen molar-refractivity contribution in [2.45, 2.75) is 55.1 Å². The van der Waals surface area contributed by atoms with E-state index in [0.29, 0.717) is 17.9 Å². The Kier molecular flexibility index (Phi) is 3.92. The third kappa shape index (κ3) is 2.68. The zero-order valence-electron chi connectivity index (χ0n) is 14.6. The van der Waals surface area contributed by atoms with Crippen LogP contribution in [0.15, 0.2) is 12.1 Å². The van der Waals surface area contributed by atoms with E-state index in [4.69, 9.17) is 21.1 Å². The number of rotatable bonds is 4. The van der Waals surface area contributed by atoms with Crippen molar-refractivity contribution in [2.24, 2.45) is 0 Å². The minimum atomic E-state index is -0.745. The monoisotopic (exact) mass is 365 g/mol. The number of nitrogens with one attached hydrogen (secondary N) is 1. The molecule has 0 aromatic heterocycles. The first-order valence-corrected chi connectivity index (χ1v) is 9.29. The number of halogens is 1. The smallest absolute Gasteiger partial charge is 0.235 e. The van der Waals surface area contributed by atoms with Gasteiger partial charge < -0.3 is 19.9 Å². The van der Waals surface area contributed by atoms with Gasteiger partial charge in [-0.25, -0.2) is 0 Å². The van der Waals surface area contributed by atoms with Gasteiger partial charge in [-0.05, 0) is 67.2 Å². The van der Waals surface area contributed by atoms with Crippen LogP contribution < -0.4 is 14.8 Å². The maximum atomic E-state index is 12.0. The van der Waals surface area contributed by atoms with Crippen molar-refractivity contribution in [1.29, 1.82) is 0 Å². The van der Waals surface area contributed by atoms with E-state index in [-0.39, 0.29) is 29.2 Å². The minimum absolute atomic E-state index is 0.0515. The summed E-state index contributed by atoms with van der Waals surface area (Å²) in [6.07, 6.45) is 3.72. The molecule has 4 bridgehead atoms. The largest absolute Gasteiger partial charge is 0.493 e. The van der Waals surface area contributed by atoms with Gasteiger partial charge in [0.25, 0.3) is 0 Å². The Hall–Kier alpha value is -1.46. The van der Waals surface area contributed by atoms with Crippen molar-refractivity contribution in [2.75, 3.05) is 20.1 Å². The van der Waals surface area contributed by atoms with Gasteiger partial charge in [0.05, 0.1) is 19.8 Å². The molecule has 0 heterocycles. The number of benzene rings is 1. The number of hydrogen-bond acceptors (Lipinski definition) is 4. The van der Waals surface area contributed by atoms with E-state index in [9.17, 15) is 9.90 Å². The predicted octanol–water partition coefficient (Wildman–Crippen LogP) is 2.69. The Bertz CT molecular complexity index is 677. The average Bonchev–Trinajstić information content (AvgIpc) is 2.71. The van der Waals surface area contributed by atoms with E-state index in [1.165, 1.54) is 11.1 Å². The highest BCUT2D eigenvalue weighted by Gasteiger charge is 2.57. The molecule has 0 aliphatic heterocycles. The molecular weight excluding hydrogens is 342 g/mol. The van der Waals surface area contributed by atoms with Crippen LogP contribution in [0.4, 0.5) is 0 Å². The lowest BCUT2D eigenvalue weighted by Crippen LogP contribution is -2.60. The first-order valence-electron chi connectivity index (χ1n) is 8.76. The fourth-order valence-electron chi connectivity index (χ4n) is 5.62. The molecule has 5 rings (SSSR count). The number of carbonyl (C=O) groups excluding carboxylic acids is 1. The van der Waals surface area contributed by atoms with E-state index >= 15 is 0 Å². The molecule has 5 nitrogen and oxygen atoms in total. The van der Waals surface area contributed by atoms with Gasteiger partial charge in [0, 0.05) is 5.54 Å². The standard InChI is InChI=1S/C19H24ClNO4/c1-24-15-3-13-11-5-18(21-17(22)9-20)6-12(8-19(23,7-11)10-18)14(13)4-16(15)25-2/h3-4,11-12,23H,5-10H2,1-2H3,(H,21,22). The average molecular weight is 366 g/mol. The predicted molar refractivity (Wildman–Crippen MR) is 94.7 cm³/mol.